The highest BCUT2D eigenvalue weighted by atomic mass is 35.5. The van der Waals surface area contributed by atoms with E-state index < -0.39 is 0 Å². The van der Waals surface area contributed by atoms with Gasteiger partial charge in [0, 0.05) is 12.1 Å². The van der Waals surface area contributed by atoms with E-state index >= 15 is 0 Å². The van der Waals surface area contributed by atoms with Gasteiger partial charge in [-0.25, -0.2) is 9.98 Å². The molecule has 2 rings (SSSR count). The summed E-state index contributed by atoms with van der Waals surface area (Å²) in [7, 11) is 3.22. The number of rotatable bonds is 3. The average molecular weight is 300 g/mol. The average Bonchev–Trinajstić information content (AvgIpc) is 2.78. The minimum Gasteiger partial charge on any atom is -0.330 e. The first-order valence-electron chi connectivity index (χ1n) is 5.33. The summed E-state index contributed by atoms with van der Waals surface area (Å²) in [5.74, 6) is 0.256. The molecule has 0 saturated carbocycles. The Balaban J connectivity index is 2.44. The summed E-state index contributed by atoms with van der Waals surface area (Å²) in [5.41, 5.74) is 1.19. The third-order valence-electron chi connectivity index (χ3n) is 2.33. The Bertz CT molecular complexity index is 611. The van der Waals surface area contributed by atoms with Crippen LogP contribution in [0.3, 0.4) is 0 Å². The molecule has 1 heterocycles. The second-order valence-electron chi connectivity index (χ2n) is 3.65. The van der Waals surface area contributed by atoms with Gasteiger partial charge in [-0.1, -0.05) is 23.2 Å². The van der Waals surface area contributed by atoms with Crippen molar-refractivity contribution in [3.63, 3.8) is 0 Å². The number of aryl methyl sites for hydroxylation is 1. The maximum Gasteiger partial charge on any atom is 0.282 e. The third-order valence-corrected chi connectivity index (χ3v) is 2.87. The quantitative estimate of drug-likeness (QED) is 0.378. The molecule has 0 fully saturated rings. The maximum atomic E-state index is 6.06. The van der Waals surface area contributed by atoms with Gasteiger partial charge in [0.25, 0.3) is 5.90 Å². The van der Waals surface area contributed by atoms with Crippen molar-refractivity contribution in [3.05, 3.63) is 46.5 Å². The molecule has 0 radical (unpaired) electrons. The SMILES string of the molecule is COOC(=Nc1ccc(Cl)cc1Cl)c1cncn1C. The first kappa shape index (κ1) is 13.9. The Kier molecular flexibility index (Phi) is 4.42. The van der Waals surface area contributed by atoms with E-state index in [1.165, 1.54) is 7.11 Å². The van der Waals surface area contributed by atoms with Gasteiger partial charge in [-0.3, -0.25) is 0 Å². The molecule has 0 aliphatic rings. The number of halogens is 2. The highest BCUT2D eigenvalue weighted by molar-refractivity contribution is 6.36. The van der Waals surface area contributed by atoms with Crippen LogP contribution in [0.25, 0.3) is 0 Å². The molecule has 0 spiro atoms. The van der Waals surface area contributed by atoms with Crippen LogP contribution in [-0.4, -0.2) is 22.6 Å². The molecule has 0 atom stereocenters. The van der Waals surface area contributed by atoms with Crippen LogP contribution in [0.2, 0.25) is 10.0 Å². The van der Waals surface area contributed by atoms with E-state index in [0.29, 0.717) is 21.4 Å². The van der Waals surface area contributed by atoms with Crippen LogP contribution in [0, 0.1) is 0 Å². The Morgan fingerprint density at radius 3 is 2.74 bits per heavy atom. The van der Waals surface area contributed by atoms with Gasteiger partial charge in [-0.05, 0) is 18.2 Å². The smallest absolute Gasteiger partial charge is 0.282 e. The fourth-order valence-electron chi connectivity index (χ4n) is 1.44. The molecule has 0 aliphatic heterocycles. The summed E-state index contributed by atoms with van der Waals surface area (Å²) >= 11 is 11.9. The summed E-state index contributed by atoms with van der Waals surface area (Å²) in [4.78, 5) is 18.0. The number of benzene rings is 1. The molecule has 2 aromatic rings. The van der Waals surface area contributed by atoms with Crippen LogP contribution in [0.5, 0.6) is 0 Å². The lowest BCUT2D eigenvalue weighted by Crippen LogP contribution is -2.10. The van der Waals surface area contributed by atoms with Gasteiger partial charge >= 0.3 is 0 Å². The molecular weight excluding hydrogens is 289 g/mol. The third kappa shape index (κ3) is 3.26. The first-order valence-corrected chi connectivity index (χ1v) is 6.08. The van der Waals surface area contributed by atoms with Crippen molar-refractivity contribution in [1.82, 2.24) is 9.55 Å². The summed E-state index contributed by atoms with van der Waals surface area (Å²) in [6.45, 7) is 0. The molecular formula is C12H11Cl2N3O2. The van der Waals surface area contributed by atoms with Crippen molar-refractivity contribution in [2.24, 2.45) is 12.0 Å². The lowest BCUT2D eigenvalue weighted by Gasteiger charge is -2.06. The second-order valence-corrected chi connectivity index (χ2v) is 4.50. The zero-order valence-corrected chi connectivity index (χ0v) is 11.8. The molecule has 1 aromatic heterocycles. The van der Waals surface area contributed by atoms with Crippen LogP contribution < -0.4 is 0 Å². The predicted octanol–water partition coefficient (Wildman–Crippen LogP) is 3.38. The molecule has 0 unspecified atom stereocenters. The van der Waals surface area contributed by atoms with E-state index in [9.17, 15) is 0 Å². The van der Waals surface area contributed by atoms with Gasteiger partial charge < -0.3 is 9.45 Å². The lowest BCUT2D eigenvalue weighted by molar-refractivity contribution is -0.193. The molecule has 0 aliphatic carbocycles. The zero-order chi connectivity index (χ0) is 13.8. The Morgan fingerprint density at radius 2 is 2.16 bits per heavy atom. The van der Waals surface area contributed by atoms with Gasteiger partial charge in [0.2, 0.25) is 0 Å². The van der Waals surface area contributed by atoms with Crippen molar-refractivity contribution < 1.29 is 9.78 Å². The number of hydrogen-bond donors (Lipinski definition) is 0. The van der Waals surface area contributed by atoms with Gasteiger partial charge in [-0.2, -0.15) is 4.89 Å². The second kappa shape index (κ2) is 6.06. The molecule has 0 amide bonds. The molecule has 1 aromatic carbocycles. The standard InChI is InChI=1S/C12H11Cl2N3O2/c1-17-7-15-6-11(17)12(19-18-2)16-10-4-3-8(13)5-9(10)14/h3-7H,1-2H3. The van der Waals surface area contributed by atoms with Crippen LogP contribution in [0.4, 0.5) is 5.69 Å². The first-order chi connectivity index (χ1) is 9.11. The highest BCUT2D eigenvalue weighted by Gasteiger charge is 2.12. The minimum absolute atomic E-state index is 0.256. The fraction of sp³-hybridized carbons (Fsp3) is 0.167. The maximum absolute atomic E-state index is 6.06. The lowest BCUT2D eigenvalue weighted by atomic mass is 10.3. The number of nitrogens with zero attached hydrogens (tertiary/aromatic N) is 3. The topological polar surface area (TPSA) is 48.6 Å². The van der Waals surface area contributed by atoms with E-state index in [0.717, 1.165) is 0 Å². The number of hydrogen-bond acceptors (Lipinski definition) is 4. The van der Waals surface area contributed by atoms with Gasteiger partial charge in [-0.15, -0.1) is 0 Å². The van der Waals surface area contributed by atoms with E-state index in [-0.39, 0.29) is 5.90 Å². The molecule has 5 nitrogen and oxygen atoms in total. The van der Waals surface area contributed by atoms with Crippen molar-refractivity contribution in [3.8, 4) is 0 Å². The Morgan fingerprint density at radius 1 is 1.37 bits per heavy atom. The Hall–Kier alpha value is -1.56. The molecule has 0 N–H and O–H groups in total. The Labute approximate surface area is 120 Å². The fourth-order valence-corrected chi connectivity index (χ4v) is 1.89. The number of aromatic nitrogens is 2. The summed E-state index contributed by atoms with van der Waals surface area (Å²) in [5, 5.41) is 0.963. The molecule has 100 valence electrons. The summed E-state index contributed by atoms with van der Waals surface area (Å²) in [6.07, 6.45) is 3.25. The molecule has 7 heteroatoms. The molecule has 19 heavy (non-hydrogen) atoms. The normalized spacial score (nSPS) is 11.7. The molecule has 0 saturated heterocycles. The summed E-state index contributed by atoms with van der Waals surface area (Å²) in [6, 6.07) is 5.00. The molecule has 0 bridgehead atoms. The van der Waals surface area contributed by atoms with Crippen LogP contribution in [0.1, 0.15) is 5.69 Å². The number of imidazole rings is 1. The summed E-state index contributed by atoms with van der Waals surface area (Å²) < 4.78 is 1.75. The van der Waals surface area contributed by atoms with Crippen molar-refractivity contribution >= 4 is 34.8 Å². The van der Waals surface area contributed by atoms with Crippen LogP contribution in [0.15, 0.2) is 35.7 Å². The van der Waals surface area contributed by atoms with Gasteiger partial charge in [0.15, 0.2) is 0 Å². The van der Waals surface area contributed by atoms with Crippen LogP contribution in [-0.2, 0) is 16.8 Å². The largest absolute Gasteiger partial charge is 0.330 e. The zero-order valence-electron chi connectivity index (χ0n) is 10.3. The van der Waals surface area contributed by atoms with E-state index in [1.54, 1.807) is 35.3 Å². The van der Waals surface area contributed by atoms with E-state index in [4.69, 9.17) is 28.1 Å². The van der Waals surface area contributed by atoms with Crippen molar-refractivity contribution in [2.75, 3.05) is 7.11 Å². The van der Waals surface area contributed by atoms with Crippen LogP contribution >= 0.6 is 23.2 Å². The van der Waals surface area contributed by atoms with Gasteiger partial charge in [0.1, 0.15) is 5.69 Å². The van der Waals surface area contributed by atoms with E-state index in [2.05, 4.69) is 14.9 Å². The predicted molar refractivity (Wildman–Crippen MR) is 74.0 cm³/mol. The van der Waals surface area contributed by atoms with Gasteiger partial charge in [0.05, 0.1) is 30.3 Å². The minimum atomic E-state index is 0.256. The van der Waals surface area contributed by atoms with Crippen molar-refractivity contribution in [2.45, 2.75) is 0 Å². The monoisotopic (exact) mass is 299 g/mol. The number of aliphatic imine (C=N–C) groups is 1. The highest BCUT2D eigenvalue weighted by Crippen LogP contribution is 2.28. The van der Waals surface area contributed by atoms with E-state index in [1.807, 2.05) is 7.05 Å². The van der Waals surface area contributed by atoms with Crippen molar-refractivity contribution in [1.29, 1.82) is 0 Å².